The molecule has 200 valence electrons. The van der Waals surface area contributed by atoms with Crippen LogP contribution in [0, 0.1) is 5.82 Å². The maximum Gasteiger partial charge on any atom is 0.416 e. The van der Waals surface area contributed by atoms with Crippen molar-refractivity contribution < 1.29 is 27.8 Å². The Hall–Kier alpha value is -3.33. The number of halogens is 7. The summed E-state index contributed by atoms with van der Waals surface area (Å²) in [5.74, 6) is -0.579. The summed E-state index contributed by atoms with van der Waals surface area (Å²) in [5.41, 5.74) is 0.904. The van der Waals surface area contributed by atoms with Crippen LogP contribution in [0.4, 0.5) is 28.9 Å². The first kappa shape index (κ1) is 29.2. The van der Waals surface area contributed by atoms with E-state index in [1.165, 1.54) is 24.3 Å². The second-order valence-corrected chi connectivity index (χ2v) is 9.10. The predicted molar refractivity (Wildman–Crippen MR) is 144 cm³/mol. The summed E-state index contributed by atoms with van der Waals surface area (Å²) in [6.07, 6.45) is -4.37. The number of phenolic OH excluding ortho intramolecular Hbond substituents is 2. The van der Waals surface area contributed by atoms with Gasteiger partial charge in [-0.25, -0.2) is 4.39 Å². The lowest BCUT2D eigenvalue weighted by molar-refractivity contribution is -0.137. The Morgan fingerprint density at radius 3 is 1.71 bits per heavy atom. The molecular formula is C27H21Cl3F4N2O2. The molecule has 38 heavy (non-hydrogen) atoms. The molecule has 4 nitrogen and oxygen atoms in total. The Kier molecular flexibility index (Phi) is 9.96. The van der Waals surface area contributed by atoms with Crippen LogP contribution in [0.2, 0.25) is 15.1 Å². The van der Waals surface area contributed by atoms with Crippen LogP contribution in [-0.4, -0.2) is 10.2 Å². The first-order chi connectivity index (χ1) is 18.0. The third-order valence-electron chi connectivity index (χ3n) is 5.23. The Bertz CT molecular complexity index is 1380. The highest BCUT2D eigenvalue weighted by Crippen LogP contribution is 2.33. The fourth-order valence-corrected chi connectivity index (χ4v) is 3.83. The van der Waals surface area contributed by atoms with E-state index in [4.69, 9.17) is 34.8 Å². The summed E-state index contributed by atoms with van der Waals surface area (Å²) in [6.45, 7) is 0.317. The fourth-order valence-electron chi connectivity index (χ4n) is 3.26. The van der Waals surface area contributed by atoms with E-state index < -0.39 is 17.6 Å². The highest BCUT2D eigenvalue weighted by molar-refractivity contribution is 6.33. The third-order valence-corrected chi connectivity index (χ3v) is 6.19. The van der Waals surface area contributed by atoms with Crippen LogP contribution >= 0.6 is 34.8 Å². The Balaban J connectivity index is 0.000000212. The van der Waals surface area contributed by atoms with Gasteiger partial charge in [0.1, 0.15) is 5.82 Å². The Morgan fingerprint density at radius 2 is 1.16 bits per heavy atom. The molecule has 11 heteroatoms. The van der Waals surface area contributed by atoms with Crippen LogP contribution < -0.4 is 10.6 Å². The van der Waals surface area contributed by atoms with E-state index in [2.05, 4.69) is 10.6 Å². The van der Waals surface area contributed by atoms with E-state index in [0.717, 1.165) is 12.1 Å². The van der Waals surface area contributed by atoms with Crippen LogP contribution in [0.3, 0.4) is 0 Å². The van der Waals surface area contributed by atoms with Gasteiger partial charge in [-0.15, -0.1) is 0 Å². The van der Waals surface area contributed by atoms with Crippen molar-refractivity contribution in [2.24, 2.45) is 0 Å². The zero-order chi connectivity index (χ0) is 27.9. The van der Waals surface area contributed by atoms with Crippen molar-refractivity contribution in [3.05, 3.63) is 116 Å². The molecule has 0 spiro atoms. The van der Waals surface area contributed by atoms with E-state index in [-0.39, 0.29) is 34.6 Å². The van der Waals surface area contributed by atoms with Crippen molar-refractivity contribution in [1.82, 2.24) is 0 Å². The molecule has 0 aliphatic carbocycles. The molecule has 0 fully saturated rings. The van der Waals surface area contributed by atoms with Crippen molar-refractivity contribution in [3.8, 4) is 11.5 Å². The third kappa shape index (κ3) is 7.84. The molecule has 0 amide bonds. The molecule has 4 aromatic carbocycles. The van der Waals surface area contributed by atoms with E-state index >= 15 is 0 Å². The second-order valence-electron chi connectivity index (χ2n) is 7.88. The van der Waals surface area contributed by atoms with Gasteiger partial charge in [0, 0.05) is 23.7 Å². The van der Waals surface area contributed by atoms with E-state index in [1.807, 2.05) is 0 Å². The van der Waals surface area contributed by atoms with Gasteiger partial charge in [0.05, 0.1) is 27.0 Å². The van der Waals surface area contributed by atoms with Crippen molar-refractivity contribution in [2.75, 3.05) is 10.6 Å². The normalized spacial score (nSPS) is 10.9. The molecule has 4 N–H and O–H groups in total. The molecule has 0 aliphatic heterocycles. The van der Waals surface area contributed by atoms with Crippen LogP contribution in [0.1, 0.15) is 16.7 Å². The number of anilines is 2. The number of hydrogen-bond donors (Lipinski definition) is 4. The number of phenols is 2. The molecule has 0 atom stereocenters. The van der Waals surface area contributed by atoms with Crippen LogP contribution in [0.5, 0.6) is 11.5 Å². The summed E-state index contributed by atoms with van der Waals surface area (Å²) >= 11 is 17.4. The smallest absolute Gasteiger partial charge is 0.416 e. The zero-order valence-electron chi connectivity index (χ0n) is 19.5. The van der Waals surface area contributed by atoms with Gasteiger partial charge in [-0.2, -0.15) is 13.2 Å². The standard InChI is InChI=1S/C14H11ClF3NO.C13H10Cl2FNO/c15-11-5-2-6-12(13(11)20)19-8-9-3-1-4-10(7-9)14(16,17)18;14-9-3-1-5-11(16)8(9)7-17-12-6-2-4-10(15)13(12)18/h1-7,19-20H,8H2;1-6,17-18H,7H2. The van der Waals surface area contributed by atoms with Crippen molar-refractivity contribution in [3.63, 3.8) is 0 Å². The maximum atomic E-state index is 13.5. The lowest BCUT2D eigenvalue weighted by Gasteiger charge is -2.11. The largest absolute Gasteiger partial charge is 0.504 e. The molecule has 0 aromatic heterocycles. The van der Waals surface area contributed by atoms with Gasteiger partial charge in [-0.3, -0.25) is 0 Å². The zero-order valence-corrected chi connectivity index (χ0v) is 21.7. The number of benzene rings is 4. The molecule has 0 aliphatic rings. The van der Waals surface area contributed by atoms with Crippen molar-refractivity contribution >= 4 is 46.2 Å². The predicted octanol–water partition coefficient (Wildman–Crippen LogP) is 9.13. The summed E-state index contributed by atoms with van der Waals surface area (Å²) in [4.78, 5) is 0. The molecule has 0 radical (unpaired) electrons. The second kappa shape index (κ2) is 13.0. The van der Waals surface area contributed by atoms with Crippen molar-refractivity contribution in [1.29, 1.82) is 0 Å². The first-order valence-corrected chi connectivity index (χ1v) is 12.1. The number of nitrogens with one attached hydrogen (secondary N) is 2. The first-order valence-electron chi connectivity index (χ1n) is 11.0. The Labute approximate surface area is 231 Å². The monoisotopic (exact) mass is 586 g/mol. The van der Waals surface area contributed by atoms with Gasteiger partial charge < -0.3 is 20.8 Å². The van der Waals surface area contributed by atoms with Gasteiger partial charge in [-0.1, -0.05) is 65.1 Å². The molecule has 0 bridgehead atoms. The molecular weight excluding hydrogens is 567 g/mol. The fraction of sp³-hybridized carbons (Fsp3) is 0.111. The number of aromatic hydroxyl groups is 2. The minimum Gasteiger partial charge on any atom is -0.504 e. The summed E-state index contributed by atoms with van der Waals surface area (Å²) in [6, 6.07) is 19.1. The highest BCUT2D eigenvalue weighted by Gasteiger charge is 2.30. The maximum absolute atomic E-state index is 13.5. The van der Waals surface area contributed by atoms with Gasteiger partial charge in [0.25, 0.3) is 0 Å². The lowest BCUT2D eigenvalue weighted by Crippen LogP contribution is -2.06. The van der Waals surface area contributed by atoms with Crippen LogP contribution in [0.15, 0.2) is 78.9 Å². The topological polar surface area (TPSA) is 64.5 Å². The molecule has 4 aromatic rings. The number of para-hydroxylation sites is 2. The van der Waals surface area contributed by atoms with E-state index in [0.29, 0.717) is 27.5 Å². The number of rotatable bonds is 6. The highest BCUT2D eigenvalue weighted by atomic mass is 35.5. The van der Waals surface area contributed by atoms with Gasteiger partial charge >= 0.3 is 6.18 Å². The summed E-state index contributed by atoms with van der Waals surface area (Å²) in [7, 11) is 0. The average Bonchev–Trinajstić information content (AvgIpc) is 2.87. The molecule has 4 rings (SSSR count). The summed E-state index contributed by atoms with van der Waals surface area (Å²) < 4.78 is 51.2. The van der Waals surface area contributed by atoms with Crippen LogP contribution in [-0.2, 0) is 19.3 Å². The average molecular weight is 588 g/mol. The molecule has 0 saturated heterocycles. The van der Waals surface area contributed by atoms with Gasteiger partial charge in [-0.05, 0) is 54.1 Å². The minimum absolute atomic E-state index is 0.0633. The SMILES string of the molecule is Oc1c(Cl)cccc1NCc1c(F)cccc1Cl.Oc1c(Cl)cccc1NCc1cccc(C(F)(F)F)c1. The molecule has 0 heterocycles. The number of alkyl halides is 3. The van der Waals surface area contributed by atoms with E-state index in [9.17, 15) is 27.8 Å². The lowest BCUT2D eigenvalue weighted by atomic mass is 10.1. The summed E-state index contributed by atoms with van der Waals surface area (Å²) in [5, 5.41) is 25.9. The van der Waals surface area contributed by atoms with Crippen LogP contribution in [0.25, 0.3) is 0 Å². The molecule has 0 unspecified atom stereocenters. The van der Waals surface area contributed by atoms with E-state index in [1.54, 1.807) is 42.5 Å². The quantitative estimate of drug-likeness (QED) is 0.134. The van der Waals surface area contributed by atoms with Gasteiger partial charge in [0.15, 0.2) is 11.5 Å². The Morgan fingerprint density at radius 1 is 0.658 bits per heavy atom. The number of hydrogen-bond acceptors (Lipinski definition) is 4. The van der Waals surface area contributed by atoms with Gasteiger partial charge in [0.2, 0.25) is 0 Å². The minimum atomic E-state index is -4.37. The van der Waals surface area contributed by atoms with Crippen molar-refractivity contribution in [2.45, 2.75) is 19.3 Å². The molecule has 0 saturated carbocycles.